The van der Waals surface area contributed by atoms with Crippen molar-refractivity contribution in [3.63, 3.8) is 0 Å². The van der Waals surface area contributed by atoms with E-state index >= 15 is 0 Å². The second-order valence-corrected chi connectivity index (χ2v) is 7.70. The van der Waals surface area contributed by atoms with E-state index in [1.54, 1.807) is 12.1 Å². The lowest BCUT2D eigenvalue weighted by molar-refractivity contribution is -0.126. The van der Waals surface area contributed by atoms with Crippen LogP contribution < -0.4 is 4.90 Å². The van der Waals surface area contributed by atoms with Crippen LogP contribution >= 0.6 is 11.8 Å². The number of para-hydroxylation sites is 1. The third-order valence-electron chi connectivity index (χ3n) is 3.44. The van der Waals surface area contributed by atoms with Gasteiger partial charge in [-0.25, -0.2) is 4.90 Å². The molecule has 0 bridgehead atoms. The number of hydrogen-bond donors (Lipinski definition) is 0. The van der Waals surface area contributed by atoms with Crippen LogP contribution in [0, 0.1) is 0 Å². The number of carbonyl (C=O) groups excluding carboxylic acids is 2. The van der Waals surface area contributed by atoms with Gasteiger partial charge in [-0.3, -0.25) is 14.5 Å². The van der Waals surface area contributed by atoms with E-state index in [1.807, 2.05) is 30.0 Å². The minimum absolute atomic E-state index is 0.156. The smallest absolute Gasteiger partial charge is 0.247 e. The van der Waals surface area contributed by atoms with Crippen molar-refractivity contribution in [2.75, 3.05) is 30.3 Å². The maximum absolute atomic E-state index is 12.5. The van der Waals surface area contributed by atoms with Crippen LogP contribution in [0.2, 0.25) is 0 Å². The highest BCUT2D eigenvalue weighted by molar-refractivity contribution is 8.00. The van der Waals surface area contributed by atoms with Gasteiger partial charge in [-0.2, -0.15) is 11.8 Å². The summed E-state index contributed by atoms with van der Waals surface area (Å²) in [5.41, 5.74) is 0.639. The Morgan fingerprint density at radius 1 is 1.29 bits per heavy atom. The lowest BCUT2D eigenvalue weighted by Gasteiger charge is -2.37. The molecular formula is C16H22N2O2S. The second-order valence-electron chi connectivity index (χ2n) is 5.90. The molecule has 1 aliphatic rings. The zero-order chi connectivity index (χ0) is 15.5. The molecule has 0 aromatic heterocycles. The summed E-state index contributed by atoms with van der Waals surface area (Å²) in [5.74, 6) is 0.624. The summed E-state index contributed by atoms with van der Waals surface area (Å²) in [4.78, 5) is 27.8. The van der Waals surface area contributed by atoms with Crippen LogP contribution in [-0.2, 0) is 9.59 Å². The quantitative estimate of drug-likeness (QED) is 0.860. The number of anilines is 1. The average Bonchev–Trinajstić information content (AvgIpc) is 2.38. The maximum atomic E-state index is 12.5. The van der Waals surface area contributed by atoms with E-state index in [4.69, 9.17) is 0 Å². The lowest BCUT2D eigenvalue weighted by Crippen LogP contribution is -2.49. The monoisotopic (exact) mass is 306 g/mol. The first-order chi connectivity index (χ1) is 9.89. The first-order valence-corrected chi connectivity index (χ1v) is 8.12. The van der Waals surface area contributed by atoms with Crippen molar-refractivity contribution in [2.24, 2.45) is 0 Å². The first-order valence-electron chi connectivity index (χ1n) is 7.14. The molecule has 0 radical (unpaired) electrons. The summed E-state index contributed by atoms with van der Waals surface area (Å²) in [5, 5.41) is 0. The van der Waals surface area contributed by atoms with Gasteiger partial charge in [-0.15, -0.1) is 0 Å². The molecule has 0 spiro atoms. The molecule has 1 heterocycles. The van der Waals surface area contributed by atoms with Crippen LogP contribution in [0.15, 0.2) is 30.3 Å². The third kappa shape index (κ3) is 4.32. The largest absolute Gasteiger partial charge is 0.292 e. The molecule has 1 aromatic carbocycles. The Morgan fingerprint density at radius 2 is 1.95 bits per heavy atom. The van der Waals surface area contributed by atoms with E-state index in [1.165, 1.54) is 11.8 Å². The van der Waals surface area contributed by atoms with Gasteiger partial charge in [0.2, 0.25) is 11.8 Å². The van der Waals surface area contributed by atoms with E-state index in [9.17, 15) is 9.59 Å². The second kappa shape index (κ2) is 6.62. The van der Waals surface area contributed by atoms with Crippen LogP contribution in [0.25, 0.3) is 0 Å². The number of amides is 2. The molecular weight excluding hydrogens is 284 g/mol. The van der Waals surface area contributed by atoms with Crippen LogP contribution in [0.4, 0.5) is 5.69 Å². The van der Waals surface area contributed by atoms with Crippen molar-refractivity contribution in [3.8, 4) is 0 Å². The molecule has 1 saturated heterocycles. The van der Waals surface area contributed by atoms with Crippen molar-refractivity contribution in [3.05, 3.63) is 30.3 Å². The number of hydrogen-bond acceptors (Lipinski definition) is 4. The van der Waals surface area contributed by atoms with Gasteiger partial charge in [0.05, 0.1) is 12.2 Å². The lowest BCUT2D eigenvalue weighted by atomic mass is 10.2. The fraction of sp³-hybridized carbons (Fsp3) is 0.500. The number of carbonyl (C=O) groups is 2. The van der Waals surface area contributed by atoms with E-state index < -0.39 is 0 Å². The standard InChI is InChI=1S/C16H22N2O2S/c1-13(19)18(14-7-5-4-6-8-14)15(20)11-17-9-10-21-16(2,3)12-17/h4-8H,9-12H2,1-3H3. The average molecular weight is 306 g/mol. The van der Waals surface area contributed by atoms with Crippen LogP contribution in [0.1, 0.15) is 20.8 Å². The van der Waals surface area contributed by atoms with Crippen LogP contribution in [-0.4, -0.2) is 46.8 Å². The van der Waals surface area contributed by atoms with Crippen LogP contribution in [0.3, 0.4) is 0 Å². The summed E-state index contributed by atoms with van der Waals surface area (Å²) in [6.45, 7) is 7.85. The van der Waals surface area contributed by atoms with E-state index in [2.05, 4.69) is 18.7 Å². The minimum atomic E-state index is -0.239. The van der Waals surface area contributed by atoms with Gasteiger partial charge in [0.15, 0.2) is 0 Å². The normalized spacial score (nSPS) is 18.2. The number of nitrogens with zero attached hydrogens (tertiary/aromatic N) is 2. The molecule has 1 aromatic rings. The fourth-order valence-corrected chi connectivity index (χ4v) is 3.77. The van der Waals surface area contributed by atoms with Crippen molar-refractivity contribution in [1.82, 2.24) is 4.90 Å². The SMILES string of the molecule is CC(=O)N(C(=O)CN1CCSC(C)(C)C1)c1ccccc1. The van der Waals surface area contributed by atoms with Gasteiger partial charge in [0.1, 0.15) is 0 Å². The van der Waals surface area contributed by atoms with Crippen LogP contribution in [0.5, 0.6) is 0 Å². The topological polar surface area (TPSA) is 40.6 Å². The summed E-state index contributed by atoms with van der Waals surface area (Å²) >= 11 is 1.93. The molecule has 1 fully saturated rings. The Morgan fingerprint density at radius 3 is 2.52 bits per heavy atom. The van der Waals surface area contributed by atoms with Gasteiger partial charge < -0.3 is 0 Å². The Hall–Kier alpha value is -1.33. The molecule has 114 valence electrons. The molecule has 0 saturated carbocycles. The van der Waals surface area contributed by atoms with Gasteiger partial charge in [0.25, 0.3) is 0 Å². The number of thioether (sulfide) groups is 1. The highest BCUT2D eigenvalue weighted by atomic mass is 32.2. The van der Waals surface area contributed by atoms with Crippen molar-refractivity contribution in [2.45, 2.75) is 25.5 Å². The summed E-state index contributed by atoms with van der Waals surface area (Å²) in [7, 11) is 0. The van der Waals surface area contributed by atoms with E-state index in [0.717, 1.165) is 18.8 Å². The Bertz CT molecular complexity index is 516. The zero-order valence-corrected chi connectivity index (χ0v) is 13.7. The van der Waals surface area contributed by atoms with Gasteiger partial charge in [-0.05, 0) is 26.0 Å². The Balaban J connectivity index is 2.08. The Kier molecular flexibility index (Phi) is 5.06. The van der Waals surface area contributed by atoms with Crippen molar-refractivity contribution in [1.29, 1.82) is 0 Å². The molecule has 5 heteroatoms. The highest BCUT2D eigenvalue weighted by Gasteiger charge is 2.30. The third-order valence-corrected chi connectivity index (χ3v) is 4.74. The number of benzene rings is 1. The molecule has 0 unspecified atom stereocenters. The predicted octanol–water partition coefficient (Wildman–Crippen LogP) is 2.39. The van der Waals surface area contributed by atoms with Gasteiger partial charge in [-0.1, -0.05) is 18.2 Å². The van der Waals surface area contributed by atoms with Crippen molar-refractivity contribution < 1.29 is 9.59 Å². The molecule has 21 heavy (non-hydrogen) atoms. The highest BCUT2D eigenvalue weighted by Crippen LogP contribution is 2.29. The maximum Gasteiger partial charge on any atom is 0.247 e. The zero-order valence-electron chi connectivity index (χ0n) is 12.8. The van der Waals surface area contributed by atoms with Crippen molar-refractivity contribution >= 4 is 29.3 Å². The van der Waals surface area contributed by atoms with Gasteiger partial charge >= 0.3 is 0 Å². The summed E-state index contributed by atoms with van der Waals surface area (Å²) < 4.78 is 0.159. The molecule has 0 N–H and O–H groups in total. The molecule has 4 nitrogen and oxygen atoms in total. The van der Waals surface area contributed by atoms with Gasteiger partial charge in [0, 0.05) is 30.5 Å². The molecule has 0 aliphatic carbocycles. The van der Waals surface area contributed by atoms with E-state index in [-0.39, 0.29) is 16.6 Å². The summed E-state index contributed by atoms with van der Waals surface area (Å²) in [6, 6.07) is 9.11. The number of imide groups is 1. The first kappa shape index (κ1) is 16.0. The molecule has 0 atom stereocenters. The molecule has 2 amide bonds. The van der Waals surface area contributed by atoms with E-state index in [0.29, 0.717) is 12.2 Å². The Labute approximate surface area is 130 Å². The minimum Gasteiger partial charge on any atom is -0.292 e. The molecule has 2 rings (SSSR count). The fourth-order valence-electron chi connectivity index (χ4n) is 2.59. The predicted molar refractivity (Wildman–Crippen MR) is 87.6 cm³/mol. The molecule has 1 aliphatic heterocycles. The summed E-state index contributed by atoms with van der Waals surface area (Å²) in [6.07, 6.45) is 0. The number of rotatable bonds is 3.